The largest absolute Gasteiger partial charge is 0.467 e. The van der Waals surface area contributed by atoms with Crippen LogP contribution in [0.2, 0.25) is 0 Å². The number of aliphatic hydroxyl groups is 1. The number of nitrogens with zero attached hydrogens (tertiary/aromatic N) is 2. The lowest BCUT2D eigenvalue weighted by Gasteiger charge is -2.35. The average Bonchev–Trinajstić information content (AvgIpc) is 2.93. The maximum atomic E-state index is 12.3. The monoisotopic (exact) mass is 304 g/mol. The van der Waals surface area contributed by atoms with E-state index in [2.05, 4.69) is 4.90 Å². The van der Waals surface area contributed by atoms with Crippen molar-refractivity contribution in [2.24, 2.45) is 0 Å². The highest BCUT2D eigenvalue weighted by Gasteiger charge is 2.21. The van der Waals surface area contributed by atoms with Crippen LogP contribution in [0.1, 0.15) is 5.76 Å². The molecule has 0 amide bonds. The fourth-order valence-corrected chi connectivity index (χ4v) is 2.39. The Morgan fingerprint density at radius 3 is 2.43 bits per heavy atom. The van der Waals surface area contributed by atoms with Gasteiger partial charge in [0.25, 0.3) is 6.43 Å². The number of piperazine rings is 1. The lowest BCUT2D eigenvalue weighted by Crippen LogP contribution is -2.50. The number of alkyl halides is 2. The van der Waals surface area contributed by atoms with Gasteiger partial charge in [-0.25, -0.2) is 8.78 Å². The highest BCUT2D eigenvalue weighted by Crippen LogP contribution is 2.07. The van der Waals surface area contributed by atoms with Gasteiger partial charge in [-0.15, -0.1) is 0 Å². The van der Waals surface area contributed by atoms with E-state index >= 15 is 0 Å². The number of furan rings is 1. The van der Waals surface area contributed by atoms with Crippen molar-refractivity contribution in [3.8, 4) is 0 Å². The molecule has 1 atom stereocenters. The zero-order valence-electron chi connectivity index (χ0n) is 12.0. The van der Waals surface area contributed by atoms with E-state index in [0.29, 0.717) is 39.3 Å². The first-order valence-corrected chi connectivity index (χ1v) is 7.14. The van der Waals surface area contributed by atoms with Gasteiger partial charge in [-0.05, 0) is 12.1 Å². The maximum Gasteiger partial charge on any atom is 0.251 e. The molecule has 1 saturated heterocycles. The van der Waals surface area contributed by atoms with Gasteiger partial charge in [0.2, 0.25) is 0 Å². The Morgan fingerprint density at radius 1 is 1.19 bits per heavy atom. The van der Waals surface area contributed by atoms with E-state index in [4.69, 9.17) is 9.15 Å². The van der Waals surface area contributed by atoms with Gasteiger partial charge in [0.15, 0.2) is 0 Å². The SMILES string of the molecule is OC(COCc1ccco1)CN1CCN(CC(F)F)CC1. The van der Waals surface area contributed by atoms with Crippen LogP contribution in [0.5, 0.6) is 0 Å². The minimum absolute atomic E-state index is 0.164. The molecule has 7 heteroatoms. The summed E-state index contributed by atoms with van der Waals surface area (Å²) in [6.07, 6.45) is -1.28. The average molecular weight is 304 g/mol. The highest BCUT2D eigenvalue weighted by molar-refractivity contribution is 4.96. The van der Waals surface area contributed by atoms with Crippen LogP contribution in [0.25, 0.3) is 0 Å². The van der Waals surface area contributed by atoms with Crippen molar-refractivity contribution >= 4 is 0 Å². The van der Waals surface area contributed by atoms with Crippen LogP contribution in [0.15, 0.2) is 22.8 Å². The Kier molecular flexibility index (Phi) is 6.56. The molecule has 120 valence electrons. The number of hydrogen-bond donors (Lipinski definition) is 1. The molecule has 1 fully saturated rings. The van der Waals surface area contributed by atoms with Crippen LogP contribution in [0.4, 0.5) is 8.78 Å². The molecule has 5 nitrogen and oxygen atoms in total. The normalized spacial score (nSPS) is 19.2. The molecule has 0 aliphatic carbocycles. The molecule has 1 aliphatic heterocycles. The van der Waals surface area contributed by atoms with Gasteiger partial charge < -0.3 is 14.3 Å². The molecule has 21 heavy (non-hydrogen) atoms. The Bertz CT molecular complexity index is 382. The highest BCUT2D eigenvalue weighted by atomic mass is 19.3. The first kappa shape index (κ1) is 16.4. The lowest BCUT2D eigenvalue weighted by atomic mass is 10.2. The van der Waals surface area contributed by atoms with Gasteiger partial charge in [-0.1, -0.05) is 0 Å². The minimum Gasteiger partial charge on any atom is -0.467 e. The smallest absolute Gasteiger partial charge is 0.251 e. The van der Waals surface area contributed by atoms with Crippen LogP contribution in [0.3, 0.4) is 0 Å². The molecule has 1 unspecified atom stereocenters. The second-order valence-electron chi connectivity index (χ2n) is 5.24. The van der Waals surface area contributed by atoms with Crippen molar-refractivity contribution in [1.82, 2.24) is 9.80 Å². The van der Waals surface area contributed by atoms with Crippen molar-refractivity contribution in [2.75, 3.05) is 45.9 Å². The molecule has 2 rings (SSSR count). The van der Waals surface area contributed by atoms with E-state index in [0.717, 1.165) is 5.76 Å². The standard InChI is InChI=1S/C14H22F2N2O3/c15-14(16)9-18-5-3-17(4-6-18)8-12(19)10-20-11-13-2-1-7-21-13/h1-2,7,12,14,19H,3-6,8-11H2. The molecule has 0 aromatic carbocycles. The summed E-state index contributed by atoms with van der Waals surface area (Å²) in [7, 11) is 0. The number of rotatable bonds is 8. The topological polar surface area (TPSA) is 49.1 Å². The number of β-amino-alcohol motifs (C(OH)–C–C–N with tert-alkyl or cyclic N) is 1. The zero-order chi connectivity index (χ0) is 15.1. The molecule has 2 heterocycles. The van der Waals surface area contributed by atoms with Crippen LogP contribution >= 0.6 is 0 Å². The van der Waals surface area contributed by atoms with E-state index in [1.807, 2.05) is 6.07 Å². The summed E-state index contributed by atoms with van der Waals surface area (Å²) in [5.41, 5.74) is 0. The van der Waals surface area contributed by atoms with Crippen LogP contribution < -0.4 is 0 Å². The van der Waals surface area contributed by atoms with Crippen LogP contribution in [-0.4, -0.2) is 73.3 Å². The van der Waals surface area contributed by atoms with Crippen LogP contribution in [0, 0.1) is 0 Å². The van der Waals surface area contributed by atoms with Crippen LogP contribution in [-0.2, 0) is 11.3 Å². The molecule has 0 saturated carbocycles. The molecule has 1 aromatic rings. The Hall–Kier alpha value is -1.02. The van der Waals surface area contributed by atoms with Crippen molar-refractivity contribution < 1.29 is 23.0 Å². The van der Waals surface area contributed by atoms with E-state index in [1.165, 1.54) is 0 Å². The third-order valence-electron chi connectivity index (χ3n) is 3.46. The van der Waals surface area contributed by atoms with Gasteiger partial charge in [0, 0.05) is 32.7 Å². The van der Waals surface area contributed by atoms with Crippen molar-refractivity contribution in [3.63, 3.8) is 0 Å². The third kappa shape index (κ3) is 6.09. The zero-order valence-corrected chi connectivity index (χ0v) is 12.0. The van der Waals surface area contributed by atoms with Crippen molar-refractivity contribution in [1.29, 1.82) is 0 Å². The van der Waals surface area contributed by atoms with Gasteiger partial charge in [0.05, 0.1) is 25.5 Å². The summed E-state index contributed by atoms with van der Waals surface area (Å²) in [5.74, 6) is 0.725. The van der Waals surface area contributed by atoms with E-state index in [1.54, 1.807) is 17.2 Å². The summed E-state index contributed by atoms with van der Waals surface area (Å²) in [6, 6.07) is 3.60. The second-order valence-corrected chi connectivity index (χ2v) is 5.24. The van der Waals surface area contributed by atoms with Gasteiger partial charge in [-0.3, -0.25) is 9.80 Å². The minimum atomic E-state index is -2.28. The van der Waals surface area contributed by atoms with E-state index in [9.17, 15) is 13.9 Å². The molecule has 1 aromatic heterocycles. The molecule has 0 radical (unpaired) electrons. The Balaban J connectivity index is 1.57. The predicted octanol–water partition coefficient (Wildman–Crippen LogP) is 1.04. The number of aliphatic hydroxyl groups excluding tert-OH is 1. The molecule has 0 bridgehead atoms. The number of hydrogen-bond acceptors (Lipinski definition) is 5. The van der Waals surface area contributed by atoms with Crippen molar-refractivity contribution in [3.05, 3.63) is 24.2 Å². The summed E-state index contributed by atoms with van der Waals surface area (Å²) in [6.45, 7) is 3.53. The molecule has 0 spiro atoms. The summed E-state index contributed by atoms with van der Waals surface area (Å²) in [4.78, 5) is 3.82. The number of ether oxygens (including phenoxy) is 1. The predicted molar refractivity (Wildman–Crippen MR) is 73.3 cm³/mol. The molecule has 1 aliphatic rings. The summed E-state index contributed by atoms with van der Waals surface area (Å²) in [5, 5.41) is 9.91. The number of halogens is 2. The Labute approximate surface area is 123 Å². The first-order valence-electron chi connectivity index (χ1n) is 7.14. The third-order valence-corrected chi connectivity index (χ3v) is 3.46. The van der Waals surface area contributed by atoms with Crippen molar-refractivity contribution in [2.45, 2.75) is 19.1 Å². The van der Waals surface area contributed by atoms with E-state index in [-0.39, 0.29) is 13.2 Å². The molecular formula is C14H22F2N2O3. The fraction of sp³-hybridized carbons (Fsp3) is 0.714. The van der Waals surface area contributed by atoms with E-state index < -0.39 is 12.5 Å². The quantitative estimate of drug-likeness (QED) is 0.778. The summed E-state index contributed by atoms with van der Waals surface area (Å²) < 4.78 is 35.0. The second kappa shape index (κ2) is 8.43. The maximum absolute atomic E-state index is 12.3. The lowest BCUT2D eigenvalue weighted by molar-refractivity contribution is -0.00710. The summed E-state index contributed by atoms with van der Waals surface area (Å²) >= 11 is 0. The van der Waals surface area contributed by atoms with Gasteiger partial charge in [0.1, 0.15) is 12.4 Å². The molecule has 1 N–H and O–H groups in total. The van der Waals surface area contributed by atoms with Gasteiger partial charge in [-0.2, -0.15) is 0 Å². The Morgan fingerprint density at radius 2 is 1.86 bits per heavy atom. The fourth-order valence-electron chi connectivity index (χ4n) is 2.39. The first-order chi connectivity index (χ1) is 10.1. The molecular weight excluding hydrogens is 282 g/mol. The van der Waals surface area contributed by atoms with Gasteiger partial charge >= 0.3 is 0 Å².